The van der Waals surface area contributed by atoms with Crippen LogP contribution < -0.4 is 21.7 Å². The van der Waals surface area contributed by atoms with E-state index in [1.54, 1.807) is 7.11 Å². The lowest BCUT2D eigenvalue weighted by Crippen LogP contribution is -2.56. The monoisotopic (exact) mass is 669 g/mol. The van der Waals surface area contributed by atoms with Crippen LogP contribution in [0.3, 0.4) is 0 Å². The Bertz CT molecular complexity index is 1330. The van der Waals surface area contributed by atoms with E-state index in [2.05, 4.69) is 65.8 Å². The first kappa shape index (κ1) is 39.5. The van der Waals surface area contributed by atoms with Gasteiger partial charge in [0.05, 0.1) is 18.7 Å². The first-order valence-corrected chi connectivity index (χ1v) is 18.1. The predicted molar refractivity (Wildman–Crippen MR) is 192 cm³/mol. The van der Waals surface area contributed by atoms with Crippen LogP contribution in [0, 0.1) is 35.5 Å². The normalized spacial score (nSPS) is 16.6. The summed E-state index contributed by atoms with van der Waals surface area (Å²) >= 11 is 0. The topological polar surface area (TPSA) is 148 Å². The van der Waals surface area contributed by atoms with Gasteiger partial charge in [0.2, 0.25) is 17.7 Å². The molecule has 0 spiro atoms. The van der Waals surface area contributed by atoms with Gasteiger partial charge in [0.15, 0.2) is 0 Å². The lowest BCUT2D eigenvalue weighted by Gasteiger charge is -2.34. The SMILES string of the molecule is COCCCc1cn(C)c2ccc(CC(C[C@H](NC(=O)[C@@H](NC(=O)CN)C(C)C)C(O)CC(C(=O)NCC3CC3)C(C)C)C(C)C)cc12. The summed E-state index contributed by atoms with van der Waals surface area (Å²) in [6, 6.07) is 5.22. The van der Waals surface area contributed by atoms with Crippen molar-refractivity contribution in [3.63, 3.8) is 0 Å². The number of aliphatic hydroxyl groups excluding tert-OH is 1. The number of methoxy groups -OCH3 is 1. The molecule has 1 aromatic heterocycles. The van der Waals surface area contributed by atoms with E-state index in [0.29, 0.717) is 25.5 Å². The number of aryl methyl sites for hydroxylation is 2. The maximum atomic E-state index is 13.7. The fraction of sp³-hybridized carbons (Fsp3) is 0.711. The maximum absolute atomic E-state index is 13.7. The molecule has 1 heterocycles. The highest BCUT2D eigenvalue weighted by molar-refractivity contribution is 5.88. The second-order valence-electron chi connectivity index (χ2n) is 15.1. The van der Waals surface area contributed by atoms with Gasteiger partial charge in [0, 0.05) is 50.3 Å². The van der Waals surface area contributed by atoms with Crippen molar-refractivity contribution in [1.29, 1.82) is 0 Å². The molecule has 10 nitrogen and oxygen atoms in total. The third-order valence-electron chi connectivity index (χ3n) is 10.1. The van der Waals surface area contributed by atoms with Gasteiger partial charge < -0.3 is 36.1 Å². The number of ether oxygens (including phenoxy) is 1. The third kappa shape index (κ3) is 11.6. The molecule has 3 amide bonds. The second kappa shape index (κ2) is 18.7. The van der Waals surface area contributed by atoms with Crippen molar-refractivity contribution in [2.75, 3.05) is 26.8 Å². The summed E-state index contributed by atoms with van der Waals surface area (Å²) in [5.74, 6) is -0.454. The summed E-state index contributed by atoms with van der Waals surface area (Å²) in [5.41, 5.74) is 9.24. The summed E-state index contributed by atoms with van der Waals surface area (Å²) in [4.78, 5) is 39.2. The van der Waals surface area contributed by atoms with Crippen molar-refractivity contribution < 1.29 is 24.2 Å². The van der Waals surface area contributed by atoms with Crippen molar-refractivity contribution in [3.8, 4) is 0 Å². The molecule has 3 unspecified atom stereocenters. The molecule has 0 bridgehead atoms. The van der Waals surface area contributed by atoms with Crippen LogP contribution in [0.2, 0.25) is 0 Å². The highest BCUT2D eigenvalue weighted by Crippen LogP contribution is 2.31. The Morgan fingerprint density at radius 1 is 1.00 bits per heavy atom. The highest BCUT2D eigenvalue weighted by Gasteiger charge is 2.35. The summed E-state index contributed by atoms with van der Waals surface area (Å²) in [6.45, 7) is 13.2. The molecule has 3 rings (SSSR count). The molecule has 2 aromatic rings. The van der Waals surface area contributed by atoms with Crippen molar-refractivity contribution in [3.05, 3.63) is 35.5 Å². The van der Waals surface area contributed by atoms with Crippen LogP contribution in [0.5, 0.6) is 0 Å². The number of rotatable bonds is 21. The molecule has 270 valence electrons. The number of carbonyl (C=O) groups excluding carboxylic acids is 3. The highest BCUT2D eigenvalue weighted by atomic mass is 16.5. The quantitative estimate of drug-likeness (QED) is 0.127. The molecule has 5 atom stereocenters. The number of fused-ring (bicyclic) bond motifs is 1. The van der Waals surface area contributed by atoms with Crippen LogP contribution in [-0.4, -0.2) is 72.4 Å². The van der Waals surface area contributed by atoms with Gasteiger partial charge in [-0.2, -0.15) is 0 Å². The molecule has 0 radical (unpaired) electrons. The number of aromatic nitrogens is 1. The molecule has 10 heteroatoms. The molecule has 1 fully saturated rings. The zero-order valence-electron chi connectivity index (χ0n) is 30.7. The van der Waals surface area contributed by atoms with Gasteiger partial charge in [-0.1, -0.05) is 47.6 Å². The van der Waals surface area contributed by atoms with Crippen molar-refractivity contribution in [2.24, 2.45) is 48.3 Å². The number of benzene rings is 1. The minimum Gasteiger partial charge on any atom is -0.391 e. The second-order valence-corrected chi connectivity index (χ2v) is 15.1. The number of aliphatic hydroxyl groups is 1. The van der Waals surface area contributed by atoms with Crippen LogP contribution in [-0.2, 0) is 39.0 Å². The van der Waals surface area contributed by atoms with E-state index in [9.17, 15) is 19.5 Å². The van der Waals surface area contributed by atoms with E-state index in [0.717, 1.165) is 32.1 Å². The molecular formula is C38H63N5O5. The molecular weight excluding hydrogens is 606 g/mol. The van der Waals surface area contributed by atoms with Crippen molar-refractivity contribution >= 4 is 28.6 Å². The molecule has 0 saturated heterocycles. The lowest BCUT2D eigenvalue weighted by molar-refractivity contribution is -0.131. The van der Waals surface area contributed by atoms with E-state index in [1.807, 2.05) is 27.7 Å². The number of nitrogens with one attached hydrogen (secondary N) is 3. The van der Waals surface area contributed by atoms with Crippen LogP contribution in [0.1, 0.15) is 84.8 Å². The van der Waals surface area contributed by atoms with Gasteiger partial charge in [-0.15, -0.1) is 0 Å². The number of hydrogen-bond donors (Lipinski definition) is 5. The Balaban J connectivity index is 1.88. The molecule has 1 saturated carbocycles. The van der Waals surface area contributed by atoms with Crippen molar-refractivity contribution in [1.82, 2.24) is 20.5 Å². The average molecular weight is 670 g/mol. The Kier molecular flexibility index (Phi) is 15.4. The third-order valence-corrected chi connectivity index (χ3v) is 10.1. The fourth-order valence-corrected chi connectivity index (χ4v) is 6.63. The van der Waals surface area contributed by atoms with Crippen LogP contribution in [0.15, 0.2) is 24.4 Å². The van der Waals surface area contributed by atoms with Gasteiger partial charge >= 0.3 is 0 Å². The van der Waals surface area contributed by atoms with Crippen LogP contribution in [0.4, 0.5) is 0 Å². The number of hydrogen-bond acceptors (Lipinski definition) is 6. The molecule has 1 aromatic carbocycles. The van der Waals surface area contributed by atoms with Gasteiger partial charge in [-0.3, -0.25) is 14.4 Å². The van der Waals surface area contributed by atoms with E-state index in [4.69, 9.17) is 10.5 Å². The lowest BCUT2D eigenvalue weighted by atomic mass is 9.80. The predicted octanol–water partition coefficient (Wildman–Crippen LogP) is 4.10. The van der Waals surface area contributed by atoms with E-state index >= 15 is 0 Å². The Morgan fingerprint density at radius 3 is 2.29 bits per heavy atom. The van der Waals surface area contributed by atoms with E-state index in [1.165, 1.54) is 22.0 Å². The fourth-order valence-electron chi connectivity index (χ4n) is 6.63. The summed E-state index contributed by atoms with van der Waals surface area (Å²) < 4.78 is 7.46. The first-order chi connectivity index (χ1) is 22.7. The Morgan fingerprint density at radius 2 is 1.71 bits per heavy atom. The summed E-state index contributed by atoms with van der Waals surface area (Å²) in [5, 5.41) is 22.0. The largest absolute Gasteiger partial charge is 0.391 e. The summed E-state index contributed by atoms with van der Waals surface area (Å²) in [6.07, 6.45) is 6.93. The van der Waals surface area contributed by atoms with Gasteiger partial charge in [0.1, 0.15) is 6.04 Å². The molecule has 1 aliphatic carbocycles. The number of nitrogens with two attached hydrogens (primary N) is 1. The minimum atomic E-state index is -0.962. The average Bonchev–Trinajstić information content (AvgIpc) is 3.82. The van der Waals surface area contributed by atoms with Crippen molar-refractivity contribution in [2.45, 2.75) is 105 Å². The summed E-state index contributed by atoms with van der Waals surface area (Å²) in [7, 11) is 3.80. The standard InChI is InChI=1S/C38H63N5O5/c1-23(2)29(16-27-13-14-33-31(17-27)28(22-43(33)7)10-9-15-48-8)18-32(41-38(47)36(25(5)6)42-35(45)20-39)34(44)19-30(24(3)4)37(46)40-21-26-11-12-26/h13-14,17,22-26,29-30,32,34,36,44H,9-12,15-16,18-21,39H2,1-8H3,(H,40,46)(H,41,47)(H,42,45)/t29?,30?,32-,34?,36-/m0/s1. The zero-order valence-corrected chi connectivity index (χ0v) is 30.7. The van der Waals surface area contributed by atoms with Crippen LogP contribution in [0.25, 0.3) is 10.9 Å². The maximum Gasteiger partial charge on any atom is 0.243 e. The Hall–Kier alpha value is -2.95. The van der Waals surface area contributed by atoms with Gasteiger partial charge in [0.25, 0.3) is 0 Å². The molecule has 6 N–H and O–H groups in total. The molecule has 48 heavy (non-hydrogen) atoms. The zero-order chi connectivity index (χ0) is 35.5. The number of nitrogens with zero attached hydrogens (tertiary/aromatic N) is 1. The van der Waals surface area contributed by atoms with E-state index < -0.39 is 30.0 Å². The van der Waals surface area contributed by atoms with Gasteiger partial charge in [-0.25, -0.2) is 0 Å². The van der Waals surface area contributed by atoms with Gasteiger partial charge in [-0.05, 0) is 97.8 Å². The first-order valence-electron chi connectivity index (χ1n) is 18.1. The molecule has 1 aliphatic rings. The van der Waals surface area contributed by atoms with E-state index in [-0.39, 0.29) is 48.5 Å². The smallest absolute Gasteiger partial charge is 0.243 e. The number of amides is 3. The molecule has 0 aliphatic heterocycles. The Labute approximate surface area is 288 Å². The van der Waals surface area contributed by atoms with Crippen LogP contribution >= 0.6 is 0 Å². The number of carbonyl (C=O) groups is 3. The minimum absolute atomic E-state index is 0.0130.